The van der Waals surface area contributed by atoms with Gasteiger partial charge in [-0.05, 0) is 30.8 Å². The Morgan fingerprint density at radius 2 is 1.86 bits per heavy atom. The minimum Gasteiger partial charge on any atom is -0.377 e. The highest BCUT2D eigenvalue weighted by molar-refractivity contribution is 5.88. The zero-order valence-corrected chi connectivity index (χ0v) is 13.5. The molecule has 2 heteroatoms. The number of rotatable bonds is 0. The number of piperidine rings is 1. The molecule has 3 unspecified atom stereocenters. The summed E-state index contributed by atoms with van der Waals surface area (Å²) < 4.78 is 0. The van der Waals surface area contributed by atoms with E-state index in [1.807, 2.05) is 24.3 Å². The van der Waals surface area contributed by atoms with Gasteiger partial charge in [-0.25, -0.2) is 0 Å². The maximum absolute atomic E-state index is 11.0. The Morgan fingerprint density at radius 1 is 1.14 bits per heavy atom. The first-order valence-corrected chi connectivity index (χ1v) is 7.93. The van der Waals surface area contributed by atoms with Gasteiger partial charge in [-0.15, -0.1) is 0 Å². The van der Waals surface area contributed by atoms with Crippen molar-refractivity contribution in [3.05, 3.63) is 48.0 Å². The molecule has 1 fully saturated rings. The summed E-state index contributed by atoms with van der Waals surface area (Å²) in [7, 11) is 2.11. The average Bonchev–Trinajstić information content (AvgIpc) is 2.51. The first-order chi connectivity index (χ1) is 10.5. The van der Waals surface area contributed by atoms with Crippen LogP contribution < -0.4 is 0 Å². The van der Waals surface area contributed by atoms with E-state index in [9.17, 15) is 5.11 Å². The van der Waals surface area contributed by atoms with Crippen LogP contribution in [0.4, 0.5) is 0 Å². The van der Waals surface area contributed by atoms with Crippen LogP contribution in [0.3, 0.4) is 0 Å². The molecule has 0 amide bonds. The summed E-state index contributed by atoms with van der Waals surface area (Å²) in [6.45, 7) is 5.11. The van der Waals surface area contributed by atoms with E-state index in [0.717, 1.165) is 17.5 Å². The van der Waals surface area contributed by atoms with Crippen LogP contribution >= 0.6 is 0 Å². The van der Waals surface area contributed by atoms with Gasteiger partial charge in [0.2, 0.25) is 0 Å². The maximum Gasteiger partial charge on any atom is 0.131 e. The molecule has 1 aliphatic rings. The Bertz CT molecular complexity index is 737. The third-order valence-electron chi connectivity index (χ3n) is 4.94. The van der Waals surface area contributed by atoms with Gasteiger partial charge in [-0.2, -0.15) is 0 Å². The van der Waals surface area contributed by atoms with Crippen LogP contribution in [-0.4, -0.2) is 35.2 Å². The van der Waals surface area contributed by atoms with Gasteiger partial charge >= 0.3 is 0 Å². The van der Waals surface area contributed by atoms with Crippen molar-refractivity contribution in [3.8, 4) is 11.8 Å². The van der Waals surface area contributed by atoms with Crippen molar-refractivity contribution < 1.29 is 5.11 Å². The lowest BCUT2D eigenvalue weighted by Gasteiger charge is -2.42. The van der Waals surface area contributed by atoms with Crippen LogP contribution in [0, 0.1) is 17.8 Å². The van der Waals surface area contributed by atoms with Gasteiger partial charge in [0.25, 0.3) is 0 Å². The lowest BCUT2D eigenvalue weighted by molar-refractivity contribution is -0.0346. The van der Waals surface area contributed by atoms with Crippen LogP contribution in [0.1, 0.15) is 25.8 Å². The van der Waals surface area contributed by atoms with Crippen molar-refractivity contribution in [2.24, 2.45) is 5.92 Å². The number of nitrogens with zero attached hydrogens (tertiary/aromatic N) is 1. The molecule has 0 radical (unpaired) electrons. The number of hydrogen-bond donors (Lipinski definition) is 1. The predicted octanol–water partition coefficient (Wildman–Crippen LogP) is 3.28. The van der Waals surface area contributed by atoms with Crippen molar-refractivity contribution in [2.45, 2.75) is 31.9 Å². The number of benzene rings is 2. The molecule has 0 spiro atoms. The fourth-order valence-electron chi connectivity index (χ4n) is 3.25. The van der Waals surface area contributed by atoms with Crippen LogP contribution in [0.2, 0.25) is 0 Å². The minimum atomic E-state index is -0.900. The molecular formula is C20H23NO. The van der Waals surface area contributed by atoms with Gasteiger partial charge in [0.05, 0.1) is 0 Å². The van der Waals surface area contributed by atoms with Crippen LogP contribution in [0.5, 0.6) is 0 Å². The molecule has 1 N–H and O–H groups in total. The number of aliphatic hydroxyl groups is 1. The summed E-state index contributed by atoms with van der Waals surface area (Å²) in [6, 6.07) is 14.7. The monoisotopic (exact) mass is 293 g/mol. The molecular weight excluding hydrogens is 270 g/mol. The third kappa shape index (κ3) is 2.75. The van der Waals surface area contributed by atoms with Crippen LogP contribution in [0.25, 0.3) is 10.8 Å². The topological polar surface area (TPSA) is 23.5 Å². The second kappa shape index (κ2) is 5.76. The van der Waals surface area contributed by atoms with Crippen LogP contribution in [-0.2, 0) is 0 Å². The summed E-state index contributed by atoms with van der Waals surface area (Å²) in [5.41, 5.74) is 0.0911. The summed E-state index contributed by atoms with van der Waals surface area (Å²) in [5, 5.41) is 13.3. The SMILES string of the molecule is CC1CC(O)(C#Cc2cccc3ccccc23)C(C)CN1C. The Balaban J connectivity index is 1.97. The van der Waals surface area contributed by atoms with Gasteiger partial charge in [-0.3, -0.25) is 0 Å². The number of hydrogen-bond acceptors (Lipinski definition) is 2. The number of fused-ring (bicyclic) bond motifs is 1. The quantitative estimate of drug-likeness (QED) is 0.754. The second-order valence-electron chi connectivity index (χ2n) is 6.59. The molecule has 2 aromatic rings. The van der Waals surface area contributed by atoms with E-state index in [1.54, 1.807) is 0 Å². The van der Waals surface area contributed by atoms with E-state index in [2.05, 4.69) is 55.8 Å². The third-order valence-corrected chi connectivity index (χ3v) is 4.94. The predicted molar refractivity (Wildman–Crippen MR) is 91.6 cm³/mol. The second-order valence-corrected chi connectivity index (χ2v) is 6.59. The lowest BCUT2D eigenvalue weighted by atomic mass is 9.79. The molecule has 22 heavy (non-hydrogen) atoms. The van der Waals surface area contributed by atoms with E-state index in [4.69, 9.17) is 0 Å². The zero-order valence-electron chi connectivity index (χ0n) is 13.5. The lowest BCUT2D eigenvalue weighted by Crippen LogP contribution is -2.52. The van der Waals surface area contributed by atoms with Crippen molar-refractivity contribution >= 4 is 10.8 Å². The molecule has 1 saturated heterocycles. The average molecular weight is 293 g/mol. The Hall–Kier alpha value is -1.82. The highest BCUT2D eigenvalue weighted by Crippen LogP contribution is 2.30. The van der Waals surface area contributed by atoms with Gasteiger partial charge < -0.3 is 10.0 Å². The van der Waals surface area contributed by atoms with Gasteiger partial charge in [0, 0.05) is 30.5 Å². The summed E-state index contributed by atoms with van der Waals surface area (Å²) >= 11 is 0. The smallest absolute Gasteiger partial charge is 0.131 e. The Labute approximate surface area is 132 Å². The molecule has 1 aliphatic heterocycles. The summed E-state index contributed by atoms with van der Waals surface area (Å²) in [6.07, 6.45) is 0.697. The molecule has 0 saturated carbocycles. The molecule has 0 aromatic heterocycles. The van der Waals surface area contributed by atoms with E-state index in [-0.39, 0.29) is 5.92 Å². The minimum absolute atomic E-state index is 0.149. The van der Waals surface area contributed by atoms with Crippen molar-refractivity contribution in [1.82, 2.24) is 4.90 Å². The molecule has 114 valence electrons. The molecule has 2 aromatic carbocycles. The van der Waals surface area contributed by atoms with E-state index in [1.165, 1.54) is 5.39 Å². The molecule has 0 bridgehead atoms. The largest absolute Gasteiger partial charge is 0.377 e. The Kier molecular flexibility index (Phi) is 3.95. The first-order valence-electron chi connectivity index (χ1n) is 7.93. The molecule has 3 rings (SSSR count). The standard InChI is InChI=1S/C20H23NO/c1-15-14-21(3)16(2)13-20(15,22)12-11-18-9-6-8-17-7-4-5-10-19(17)18/h4-10,15-16,22H,13-14H2,1-3H3. The fourth-order valence-corrected chi connectivity index (χ4v) is 3.25. The first kappa shape index (κ1) is 15.1. The highest BCUT2D eigenvalue weighted by atomic mass is 16.3. The van der Waals surface area contributed by atoms with Crippen molar-refractivity contribution in [1.29, 1.82) is 0 Å². The molecule has 1 heterocycles. The summed E-state index contributed by atoms with van der Waals surface area (Å²) in [4.78, 5) is 2.29. The van der Waals surface area contributed by atoms with E-state index < -0.39 is 5.60 Å². The van der Waals surface area contributed by atoms with Gasteiger partial charge in [-0.1, -0.05) is 55.2 Å². The molecule has 3 atom stereocenters. The number of likely N-dealkylation sites (tertiary alicyclic amines) is 1. The van der Waals surface area contributed by atoms with Gasteiger partial charge in [0.1, 0.15) is 5.60 Å². The van der Waals surface area contributed by atoms with Gasteiger partial charge in [0.15, 0.2) is 0 Å². The fraction of sp³-hybridized carbons (Fsp3) is 0.400. The van der Waals surface area contributed by atoms with Crippen molar-refractivity contribution in [3.63, 3.8) is 0 Å². The Morgan fingerprint density at radius 3 is 2.68 bits per heavy atom. The highest BCUT2D eigenvalue weighted by Gasteiger charge is 2.39. The maximum atomic E-state index is 11.0. The van der Waals surface area contributed by atoms with E-state index in [0.29, 0.717) is 12.5 Å². The molecule has 2 nitrogen and oxygen atoms in total. The van der Waals surface area contributed by atoms with Crippen LogP contribution in [0.15, 0.2) is 42.5 Å². The summed E-state index contributed by atoms with van der Waals surface area (Å²) in [5.74, 6) is 6.58. The zero-order chi connectivity index (χ0) is 15.7. The van der Waals surface area contributed by atoms with E-state index >= 15 is 0 Å². The molecule has 0 aliphatic carbocycles. The normalized spacial score (nSPS) is 29.1. The van der Waals surface area contributed by atoms with Crippen molar-refractivity contribution in [2.75, 3.05) is 13.6 Å².